The van der Waals surface area contributed by atoms with E-state index in [0.29, 0.717) is 0 Å². The van der Waals surface area contributed by atoms with Crippen molar-refractivity contribution in [1.82, 2.24) is 4.90 Å². The van der Waals surface area contributed by atoms with Gasteiger partial charge >= 0.3 is 0 Å². The summed E-state index contributed by atoms with van der Waals surface area (Å²) in [5.74, 6) is 2.60. The summed E-state index contributed by atoms with van der Waals surface area (Å²) < 4.78 is 0. The maximum atomic E-state index is 12.3. The predicted octanol–water partition coefficient (Wildman–Crippen LogP) is 2.66. The van der Waals surface area contributed by atoms with Crippen molar-refractivity contribution < 1.29 is 9.90 Å². The topological polar surface area (TPSA) is 40.5 Å². The standard InChI is InChI=1S/C14H19NO2S/c1-10(12-5-3-4-6-13(12)16)15(2)14(17)11-7-8-18-9-11/h3-6,10-11,16H,7-9H2,1-2H3. The van der Waals surface area contributed by atoms with Crippen molar-refractivity contribution in [3.63, 3.8) is 0 Å². The first-order valence-electron chi connectivity index (χ1n) is 6.23. The Morgan fingerprint density at radius 2 is 2.22 bits per heavy atom. The molecule has 2 atom stereocenters. The number of thioether (sulfide) groups is 1. The van der Waals surface area contributed by atoms with E-state index >= 15 is 0 Å². The number of benzene rings is 1. The maximum Gasteiger partial charge on any atom is 0.226 e. The van der Waals surface area contributed by atoms with Gasteiger partial charge in [-0.1, -0.05) is 18.2 Å². The molecular weight excluding hydrogens is 246 g/mol. The number of nitrogens with zero attached hydrogens (tertiary/aromatic N) is 1. The molecule has 1 aromatic rings. The lowest BCUT2D eigenvalue weighted by atomic mass is 10.0. The van der Waals surface area contributed by atoms with Crippen LogP contribution >= 0.6 is 11.8 Å². The first kappa shape index (κ1) is 13.3. The number of carbonyl (C=O) groups is 1. The van der Waals surface area contributed by atoms with Gasteiger partial charge in [-0.3, -0.25) is 4.79 Å². The second kappa shape index (κ2) is 5.65. The van der Waals surface area contributed by atoms with Crippen LogP contribution in [-0.2, 0) is 4.79 Å². The zero-order valence-electron chi connectivity index (χ0n) is 10.8. The van der Waals surface area contributed by atoms with Gasteiger partial charge < -0.3 is 10.0 Å². The third-order valence-electron chi connectivity index (χ3n) is 3.59. The molecule has 0 radical (unpaired) electrons. The summed E-state index contributed by atoms with van der Waals surface area (Å²) in [5, 5.41) is 9.83. The number of hydrogen-bond acceptors (Lipinski definition) is 3. The number of rotatable bonds is 3. The number of phenols is 1. The second-order valence-corrected chi connectivity index (χ2v) is 5.89. The smallest absolute Gasteiger partial charge is 0.226 e. The Kier molecular flexibility index (Phi) is 4.17. The fourth-order valence-electron chi connectivity index (χ4n) is 2.26. The van der Waals surface area contributed by atoms with E-state index in [0.717, 1.165) is 23.5 Å². The van der Waals surface area contributed by atoms with Crippen LogP contribution in [0.1, 0.15) is 24.9 Å². The van der Waals surface area contributed by atoms with E-state index < -0.39 is 0 Å². The summed E-state index contributed by atoms with van der Waals surface area (Å²) in [7, 11) is 1.82. The predicted molar refractivity (Wildman–Crippen MR) is 74.7 cm³/mol. The van der Waals surface area contributed by atoms with E-state index in [2.05, 4.69) is 0 Å². The summed E-state index contributed by atoms with van der Waals surface area (Å²) in [4.78, 5) is 14.1. The largest absolute Gasteiger partial charge is 0.508 e. The minimum atomic E-state index is -0.0932. The highest BCUT2D eigenvalue weighted by molar-refractivity contribution is 7.99. The van der Waals surface area contributed by atoms with E-state index in [4.69, 9.17) is 0 Å². The van der Waals surface area contributed by atoms with Crippen LogP contribution in [0.3, 0.4) is 0 Å². The lowest BCUT2D eigenvalue weighted by Gasteiger charge is -2.28. The normalized spacial score (nSPS) is 20.7. The first-order valence-corrected chi connectivity index (χ1v) is 7.39. The lowest BCUT2D eigenvalue weighted by Crippen LogP contribution is -2.35. The summed E-state index contributed by atoms with van der Waals surface area (Å²) in [6.07, 6.45) is 0.974. The molecule has 18 heavy (non-hydrogen) atoms. The average molecular weight is 265 g/mol. The molecule has 3 nitrogen and oxygen atoms in total. The Hall–Kier alpha value is -1.16. The number of hydrogen-bond donors (Lipinski definition) is 1. The van der Waals surface area contributed by atoms with Gasteiger partial charge in [0.1, 0.15) is 5.75 Å². The molecule has 0 aliphatic carbocycles. The van der Waals surface area contributed by atoms with Crippen LogP contribution in [0, 0.1) is 5.92 Å². The molecule has 98 valence electrons. The van der Waals surface area contributed by atoms with Crippen LogP contribution < -0.4 is 0 Å². The van der Waals surface area contributed by atoms with Gasteiger partial charge in [0.15, 0.2) is 0 Å². The van der Waals surface area contributed by atoms with Crippen molar-refractivity contribution in [2.75, 3.05) is 18.6 Å². The fourth-order valence-corrected chi connectivity index (χ4v) is 3.47. The van der Waals surface area contributed by atoms with Crippen molar-refractivity contribution in [1.29, 1.82) is 0 Å². The number of amides is 1. The average Bonchev–Trinajstić information content (AvgIpc) is 2.90. The monoisotopic (exact) mass is 265 g/mol. The van der Waals surface area contributed by atoms with Gasteiger partial charge in [0, 0.05) is 24.3 Å². The molecular formula is C14H19NO2S. The summed E-state index contributed by atoms with van der Waals surface area (Å²) in [6, 6.07) is 7.11. The van der Waals surface area contributed by atoms with Gasteiger partial charge in [-0.25, -0.2) is 0 Å². The van der Waals surface area contributed by atoms with Gasteiger partial charge in [-0.2, -0.15) is 11.8 Å². The third-order valence-corrected chi connectivity index (χ3v) is 4.76. The van der Waals surface area contributed by atoms with Crippen molar-refractivity contribution in [3.8, 4) is 5.75 Å². The minimum Gasteiger partial charge on any atom is -0.508 e. The fraction of sp³-hybridized carbons (Fsp3) is 0.500. The highest BCUT2D eigenvalue weighted by Crippen LogP contribution is 2.31. The van der Waals surface area contributed by atoms with Gasteiger partial charge in [-0.05, 0) is 25.2 Å². The molecule has 1 aromatic carbocycles. The second-order valence-electron chi connectivity index (χ2n) is 4.74. The van der Waals surface area contributed by atoms with Crippen molar-refractivity contribution in [3.05, 3.63) is 29.8 Å². The molecule has 2 rings (SSSR count). The van der Waals surface area contributed by atoms with Gasteiger partial charge in [0.2, 0.25) is 5.91 Å². The third kappa shape index (κ3) is 2.64. The lowest BCUT2D eigenvalue weighted by molar-refractivity contribution is -0.135. The van der Waals surface area contributed by atoms with Crippen LogP contribution in [0.25, 0.3) is 0 Å². The van der Waals surface area contributed by atoms with E-state index in [-0.39, 0.29) is 23.6 Å². The van der Waals surface area contributed by atoms with Crippen LogP contribution in [0.5, 0.6) is 5.75 Å². The van der Waals surface area contributed by atoms with Crippen LogP contribution in [-0.4, -0.2) is 34.5 Å². The van der Waals surface area contributed by atoms with Crippen LogP contribution in [0.4, 0.5) is 0 Å². The Bertz CT molecular complexity index is 430. The highest BCUT2D eigenvalue weighted by atomic mass is 32.2. The maximum absolute atomic E-state index is 12.3. The number of carbonyl (C=O) groups excluding carboxylic acids is 1. The molecule has 1 heterocycles. The molecule has 2 unspecified atom stereocenters. The van der Waals surface area contributed by atoms with E-state index in [9.17, 15) is 9.90 Å². The van der Waals surface area contributed by atoms with E-state index in [1.54, 1.807) is 17.0 Å². The van der Waals surface area contributed by atoms with E-state index in [1.807, 2.05) is 37.9 Å². The molecule has 1 N–H and O–H groups in total. The number of phenolic OH excluding ortho intramolecular Hbond substituents is 1. The molecule has 1 amide bonds. The number of aromatic hydroxyl groups is 1. The SMILES string of the molecule is CC(c1ccccc1O)N(C)C(=O)C1CCSC1. The summed E-state index contributed by atoms with van der Waals surface area (Å²) >= 11 is 1.84. The van der Waals surface area contributed by atoms with Gasteiger partial charge in [0.05, 0.1) is 6.04 Å². The summed E-state index contributed by atoms with van der Waals surface area (Å²) in [5.41, 5.74) is 0.805. The Morgan fingerprint density at radius 3 is 2.83 bits per heavy atom. The zero-order valence-corrected chi connectivity index (χ0v) is 11.6. The first-order chi connectivity index (χ1) is 8.61. The molecule has 4 heteroatoms. The molecule has 0 saturated carbocycles. The zero-order chi connectivity index (χ0) is 13.1. The molecule has 0 spiro atoms. The molecule has 1 aliphatic rings. The van der Waals surface area contributed by atoms with Gasteiger partial charge in [0.25, 0.3) is 0 Å². The minimum absolute atomic E-state index is 0.0932. The number of para-hydroxylation sites is 1. The van der Waals surface area contributed by atoms with Crippen molar-refractivity contribution in [2.45, 2.75) is 19.4 Å². The Morgan fingerprint density at radius 1 is 1.50 bits per heavy atom. The van der Waals surface area contributed by atoms with Gasteiger partial charge in [-0.15, -0.1) is 0 Å². The van der Waals surface area contributed by atoms with Crippen molar-refractivity contribution in [2.24, 2.45) is 5.92 Å². The molecule has 1 saturated heterocycles. The molecule has 1 aliphatic heterocycles. The van der Waals surface area contributed by atoms with Crippen LogP contribution in [0.2, 0.25) is 0 Å². The summed E-state index contributed by atoms with van der Waals surface area (Å²) in [6.45, 7) is 1.95. The van der Waals surface area contributed by atoms with Crippen molar-refractivity contribution >= 4 is 17.7 Å². The Labute approximate surface area is 112 Å². The Balaban J connectivity index is 2.10. The highest BCUT2D eigenvalue weighted by Gasteiger charge is 2.29. The quantitative estimate of drug-likeness (QED) is 0.913. The van der Waals surface area contributed by atoms with E-state index in [1.165, 1.54) is 0 Å². The van der Waals surface area contributed by atoms with Crippen LogP contribution in [0.15, 0.2) is 24.3 Å². The molecule has 1 fully saturated rings. The molecule has 0 bridgehead atoms. The molecule has 0 aromatic heterocycles.